The Morgan fingerprint density at radius 2 is 2.11 bits per heavy atom. The van der Waals surface area contributed by atoms with Crippen LogP contribution in [0.5, 0.6) is 0 Å². The minimum Gasteiger partial charge on any atom is -0.390 e. The predicted molar refractivity (Wildman–Crippen MR) is 77.0 cm³/mol. The summed E-state index contributed by atoms with van der Waals surface area (Å²) < 4.78 is 1.99. The molecule has 1 fully saturated rings. The molecule has 0 aliphatic heterocycles. The van der Waals surface area contributed by atoms with Crippen molar-refractivity contribution < 1.29 is 5.11 Å². The van der Waals surface area contributed by atoms with Crippen molar-refractivity contribution in [3.8, 4) is 0 Å². The van der Waals surface area contributed by atoms with Crippen LogP contribution in [0.1, 0.15) is 57.6 Å². The molecule has 0 unspecified atom stereocenters. The van der Waals surface area contributed by atoms with Crippen LogP contribution in [0.25, 0.3) is 0 Å². The number of aromatic nitrogens is 2. The molecule has 0 bridgehead atoms. The van der Waals surface area contributed by atoms with Gasteiger partial charge in [0, 0.05) is 30.9 Å². The lowest BCUT2D eigenvalue weighted by Crippen LogP contribution is -2.30. The molecule has 1 aromatic heterocycles. The fourth-order valence-corrected chi connectivity index (χ4v) is 2.81. The second-order valence-corrected chi connectivity index (χ2v) is 6.34. The fraction of sp³-hybridized carbons (Fsp3) is 0.800. The van der Waals surface area contributed by atoms with E-state index in [0.29, 0.717) is 6.04 Å². The van der Waals surface area contributed by atoms with Gasteiger partial charge < -0.3 is 10.0 Å². The zero-order valence-corrected chi connectivity index (χ0v) is 12.5. The smallest absolute Gasteiger partial charge is 0.0660 e. The van der Waals surface area contributed by atoms with Gasteiger partial charge >= 0.3 is 0 Å². The molecule has 1 aliphatic rings. The van der Waals surface area contributed by atoms with Crippen LogP contribution in [-0.4, -0.2) is 39.0 Å². The maximum Gasteiger partial charge on any atom is 0.0660 e. The maximum atomic E-state index is 10.3. The Kier molecular flexibility index (Phi) is 4.63. The molecule has 0 aromatic carbocycles. The summed E-state index contributed by atoms with van der Waals surface area (Å²) in [7, 11) is 2.12. The standard InChI is InChI=1S/C15H27N3O/c1-13(2)18-12-14(10-16-18)11-17(3)9-8-15(19)6-4-5-7-15/h10,12-13,19H,4-9,11H2,1-3H3. The molecule has 108 valence electrons. The largest absolute Gasteiger partial charge is 0.390 e. The van der Waals surface area contributed by atoms with E-state index in [4.69, 9.17) is 0 Å². The number of aliphatic hydroxyl groups is 1. The number of hydrogen-bond donors (Lipinski definition) is 1. The Balaban J connectivity index is 1.78. The van der Waals surface area contributed by atoms with E-state index in [1.807, 2.05) is 10.9 Å². The van der Waals surface area contributed by atoms with Crippen LogP contribution in [-0.2, 0) is 6.54 Å². The van der Waals surface area contributed by atoms with Crippen LogP contribution in [0.15, 0.2) is 12.4 Å². The molecule has 1 aromatic rings. The molecular weight excluding hydrogens is 238 g/mol. The van der Waals surface area contributed by atoms with Gasteiger partial charge in [0.2, 0.25) is 0 Å². The van der Waals surface area contributed by atoms with Gasteiger partial charge in [0.05, 0.1) is 11.8 Å². The normalized spacial score (nSPS) is 18.6. The van der Waals surface area contributed by atoms with E-state index < -0.39 is 5.60 Å². The van der Waals surface area contributed by atoms with E-state index in [1.165, 1.54) is 18.4 Å². The average molecular weight is 265 g/mol. The van der Waals surface area contributed by atoms with Crippen molar-refractivity contribution in [3.63, 3.8) is 0 Å². The number of rotatable bonds is 6. The van der Waals surface area contributed by atoms with Gasteiger partial charge in [-0.3, -0.25) is 4.68 Å². The van der Waals surface area contributed by atoms with Gasteiger partial charge in [0.1, 0.15) is 0 Å². The molecule has 0 spiro atoms. The van der Waals surface area contributed by atoms with Crippen LogP contribution >= 0.6 is 0 Å². The van der Waals surface area contributed by atoms with Gasteiger partial charge in [0.25, 0.3) is 0 Å². The summed E-state index contributed by atoms with van der Waals surface area (Å²) in [5.41, 5.74) is 0.853. The Hall–Kier alpha value is -0.870. The maximum absolute atomic E-state index is 10.3. The third-order valence-electron chi connectivity index (χ3n) is 4.13. The third-order valence-corrected chi connectivity index (χ3v) is 4.13. The van der Waals surface area contributed by atoms with Crippen molar-refractivity contribution in [1.82, 2.24) is 14.7 Å². The molecule has 1 aliphatic carbocycles. The monoisotopic (exact) mass is 265 g/mol. The molecule has 4 nitrogen and oxygen atoms in total. The van der Waals surface area contributed by atoms with Gasteiger partial charge in [-0.1, -0.05) is 12.8 Å². The Labute approximate surface area is 116 Å². The molecule has 0 amide bonds. The second-order valence-electron chi connectivity index (χ2n) is 6.34. The summed E-state index contributed by atoms with van der Waals surface area (Å²) in [5, 5.41) is 14.7. The molecule has 1 saturated carbocycles. The van der Waals surface area contributed by atoms with Crippen molar-refractivity contribution in [3.05, 3.63) is 18.0 Å². The van der Waals surface area contributed by atoms with E-state index in [9.17, 15) is 5.11 Å². The van der Waals surface area contributed by atoms with Crippen molar-refractivity contribution in [2.45, 2.75) is 64.1 Å². The summed E-state index contributed by atoms with van der Waals surface area (Å²) in [6, 6.07) is 0.415. The molecule has 0 radical (unpaired) electrons. The first-order chi connectivity index (χ1) is 8.98. The Bertz CT molecular complexity index is 394. The van der Waals surface area contributed by atoms with Crippen molar-refractivity contribution in [2.24, 2.45) is 0 Å². The molecule has 1 N–H and O–H groups in total. The summed E-state index contributed by atoms with van der Waals surface area (Å²) in [4.78, 5) is 2.28. The summed E-state index contributed by atoms with van der Waals surface area (Å²) in [6.45, 7) is 6.12. The van der Waals surface area contributed by atoms with Crippen molar-refractivity contribution >= 4 is 0 Å². The Morgan fingerprint density at radius 1 is 1.42 bits per heavy atom. The summed E-state index contributed by atoms with van der Waals surface area (Å²) >= 11 is 0. The molecule has 2 rings (SSSR count). The molecule has 0 atom stereocenters. The average Bonchev–Trinajstić information content (AvgIpc) is 2.97. The van der Waals surface area contributed by atoms with Crippen LogP contribution in [0.3, 0.4) is 0 Å². The van der Waals surface area contributed by atoms with Crippen LogP contribution in [0, 0.1) is 0 Å². The minimum atomic E-state index is -0.392. The summed E-state index contributed by atoms with van der Waals surface area (Å²) in [6.07, 6.45) is 9.27. The highest BCUT2D eigenvalue weighted by molar-refractivity contribution is 5.04. The molecule has 4 heteroatoms. The predicted octanol–water partition coefficient (Wildman–Crippen LogP) is 2.59. The lowest BCUT2D eigenvalue weighted by atomic mass is 9.98. The number of hydrogen-bond acceptors (Lipinski definition) is 3. The van der Waals surface area contributed by atoms with Gasteiger partial charge in [-0.15, -0.1) is 0 Å². The van der Waals surface area contributed by atoms with Gasteiger partial charge in [0.15, 0.2) is 0 Å². The summed E-state index contributed by atoms with van der Waals surface area (Å²) in [5.74, 6) is 0. The highest BCUT2D eigenvalue weighted by Crippen LogP contribution is 2.32. The SMILES string of the molecule is CC(C)n1cc(CN(C)CCC2(O)CCCC2)cn1. The first-order valence-electron chi connectivity index (χ1n) is 7.42. The van der Waals surface area contributed by atoms with E-state index >= 15 is 0 Å². The van der Waals surface area contributed by atoms with Gasteiger partial charge in [-0.2, -0.15) is 5.10 Å². The van der Waals surface area contributed by atoms with E-state index in [1.54, 1.807) is 0 Å². The quantitative estimate of drug-likeness (QED) is 0.859. The number of nitrogens with zero attached hydrogens (tertiary/aromatic N) is 3. The van der Waals surface area contributed by atoms with E-state index in [0.717, 1.165) is 32.4 Å². The van der Waals surface area contributed by atoms with E-state index in [2.05, 4.69) is 37.1 Å². The Morgan fingerprint density at radius 3 is 2.68 bits per heavy atom. The zero-order valence-electron chi connectivity index (χ0n) is 12.5. The highest BCUT2D eigenvalue weighted by atomic mass is 16.3. The molecular formula is C15H27N3O. The highest BCUT2D eigenvalue weighted by Gasteiger charge is 2.30. The third kappa shape index (κ3) is 4.05. The van der Waals surface area contributed by atoms with Crippen LogP contribution in [0.2, 0.25) is 0 Å². The molecule has 1 heterocycles. The van der Waals surface area contributed by atoms with Crippen molar-refractivity contribution in [2.75, 3.05) is 13.6 Å². The van der Waals surface area contributed by atoms with Gasteiger partial charge in [-0.05, 0) is 40.2 Å². The topological polar surface area (TPSA) is 41.3 Å². The van der Waals surface area contributed by atoms with E-state index in [-0.39, 0.29) is 0 Å². The zero-order chi connectivity index (χ0) is 13.9. The van der Waals surface area contributed by atoms with Crippen LogP contribution < -0.4 is 0 Å². The second kappa shape index (κ2) is 6.06. The fourth-order valence-electron chi connectivity index (χ4n) is 2.81. The first kappa shape index (κ1) is 14.5. The van der Waals surface area contributed by atoms with Crippen LogP contribution in [0.4, 0.5) is 0 Å². The van der Waals surface area contributed by atoms with Gasteiger partial charge in [-0.25, -0.2) is 0 Å². The first-order valence-corrected chi connectivity index (χ1v) is 7.42. The minimum absolute atomic E-state index is 0.392. The lowest BCUT2D eigenvalue weighted by Gasteiger charge is -2.25. The lowest BCUT2D eigenvalue weighted by molar-refractivity contribution is 0.0297. The molecule has 19 heavy (non-hydrogen) atoms. The molecule has 0 saturated heterocycles. The van der Waals surface area contributed by atoms with Crippen molar-refractivity contribution in [1.29, 1.82) is 0 Å².